The smallest absolute Gasteiger partial charge is 0.409 e. The first kappa shape index (κ1) is 21.9. The normalized spacial score (nSPS) is 13.9. The molecule has 160 valence electrons. The van der Waals surface area contributed by atoms with E-state index >= 15 is 0 Å². The number of ether oxygens (including phenoxy) is 2. The highest BCUT2D eigenvalue weighted by molar-refractivity contribution is 7.99. The molecule has 8 nitrogen and oxygen atoms in total. The first-order chi connectivity index (χ1) is 14.5. The number of carbonyl (C=O) groups is 3. The third kappa shape index (κ3) is 5.63. The minimum atomic E-state index is -0.467. The van der Waals surface area contributed by atoms with Crippen LogP contribution >= 0.6 is 11.8 Å². The SMILES string of the molecule is CCOC(=O)N1CCN(C(=O)COC(=O)CSc2cc(C)c3ccccc3n2)CC1. The molecule has 0 atom stereocenters. The second-order valence-electron chi connectivity index (χ2n) is 6.81. The number of amides is 2. The maximum Gasteiger partial charge on any atom is 0.409 e. The van der Waals surface area contributed by atoms with E-state index in [-0.39, 0.29) is 24.4 Å². The average molecular weight is 432 g/mol. The van der Waals surface area contributed by atoms with Crippen LogP contribution in [0, 0.1) is 6.92 Å². The molecule has 30 heavy (non-hydrogen) atoms. The van der Waals surface area contributed by atoms with Crippen LogP contribution in [0.5, 0.6) is 0 Å². The van der Waals surface area contributed by atoms with Crippen molar-refractivity contribution >= 4 is 40.6 Å². The summed E-state index contributed by atoms with van der Waals surface area (Å²) >= 11 is 1.28. The van der Waals surface area contributed by atoms with E-state index in [1.54, 1.807) is 16.7 Å². The Labute approximate surface area is 179 Å². The van der Waals surface area contributed by atoms with Crippen molar-refractivity contribution in [2.45, 2.75) is 18.9 Å². The third-order valence-electron chi connectivity index (χ3n) is 4.75. The fourth-order valence-electron chi connectivity index (χ4n) is 3.15. The van der Waals surface area contributed by atoms with Gasteiger partial charge in [0.15, 0.2) is 6.61 Å². The Hall–Kier alpha value is -2.81. The molecule has 1 saturated heterocycles. The molecule has 1 aliphatic heterocycles. The molecule has 0 aliphatic carbocycles. The van der Waals surface area contributed by atoms with Crippen molar-refractivity contribution in [1.82, 2.24) is 14.8 Å². The molecular weight excluding hydrogens is 406 g/mol. The van der Waals surface area contributed by atoms with Crippen LogP contribution in [0.25, 0.3) is 10.9 Å². The zero-order valence-electron chi connectivity index (χ0n) is 17.1. The molecule has 1 aromatic carbocycles. The van der Waals surface area contributed by atoms with Crippen LogP contribution < -0.4 is 0 Å². The molecule has 1 aromatic heterocycles. The van der Waals surface area contributed by atoms with Crippen LogP contribution in [0.15, 0.2) is 35.4 Å². The van der Waals surface area contributed by atoms with E-state index in [9.17, 15) is 14.4 Å². The summed E-state index contributed by atoms with van der Waals surface area (Å²) in [5.74, 6) is -0.656. The fourth-order valence-corrected chi connectivity index (χ4v) is 3.93. The summed E-state index contributed by atoms with van der Waals surface area (Å²) in [4.78, 5) is 43.7. The van der Waals surface area contributed by atoms with Crippen LogP contribution in [0.3, 0.4) is 0 Å². The Morgan fingerprint density at radius 1 is 1.07 bits per heavy atom. The summed E-state index contributed by atoms with van der Waals surface area (Å²) in [6.45, 7) is 5.37. The average Bonchev–Trinajstić information content (AvgIpc) is 2.76. The number of rotatable bonds is 6. The lowest BCUT2D eigenvalue weighted by molar-refractivity contribution is -0.150. The first-order valence-corrected chi connectivity index (χ1v) is 10.8. The second-order valence-corrected chi connectivity index (χ2v) is 7.81. The lowest BCUT2D eigenvalue weighted by Gasteiger charge is -2.33. The maximum atomic E-state index is 12.3. The lowest BCUT2D eigenvalue weighted by Crippen LogP contribution is -2.51. The first-order valence-electron chi connectivity index (χ1n) is 9.82. The Kier molecular flexibility index (Phi) is 7.51. The topological polar surface area (TPSA) is 89.0 Å². The number of piperazine rings is 1. The van der Waals surface area contributed by atoms with Crippen molar-refractivity contribution in [1.29, 1.82) is 0 Å². The predicted octanol–water partition coefficient (Wildman–Crippen LogP) is 2.48. The van der Waals surface area contributed by atoms with E-state index in [0.717, 1.165) is 21.5 Å². The molecule has 1 fully saturated rings. The molecule has 1 aliphatic rings. The molecule has 0 radical (unpaired) electrons. The van der Waals surface area contributed by atoms with Crippen LogP contribution in [0.4, 0.5) is 4.79 Å². The molecular formula is C21H25N3O5S. The standard InChI is InChI=1S/C21H25N3O5S/c1-3-28-21(27)24-10-8-23(9-11-24)19(25)13-29-20(26)14-30-18-12-15(2)16-6-4-5-7-17(16)22-18/h4-7,12H,3,8-11,13-14H2,1-2H3. The maximum absolute atomic E-state index is 12.3. The van der Waals surface area contributed by atoms with Gasteiger partial charge in [0.25, 0.3) is 5.91 Å². The van der Waals surface area contributed by atoms with E-state index in [2.05, 4.69) is 4.98 Å². The number of fused-ring (bicyclic) bond motifs is 1. The zero-order valence-corrected chi connectivity index (χ0v) is 17.9. The number of hydrogen-bond acceptors (Lipinski definition) is 7. The van der Waals surface area contributed by atoms with E-state index in [4.69, 9.17) is 9.47 Å². The van der Waals surface area contributed by atoms with Gasteiger partial charge >= 0.3 is 12.1 Å². The monoisotopic (exact) mass is 431 g/mol. The third-order valence-corrected chi connectivity index (χ3v) is 5.64. The van der Waals surface area contributed by atoms with Gasteiger partial charge in [0, 0.05) is 31.6 Å². The molecule has 2 amide bonds. The van der Waals surface area contributed by atoms with Gasteiger partial charge in [-0.1, -0.05) is 30.0 Å². The van der Waals surface area contributed by atoms with Gasteiger partial charge < -0.3 is 19.3 Å². The second kappa shape index (κ2) is 10.3. The molecule has 0 spiro atoms. The van der Waals surface area contributed by atoms with Gasteiger partial charge in [-0.25, -0.2) is 9.78 Å². The molecule has 2 aromatic rings. The van der Waals surface area contributed by atoms with Crippen molar-refractivity contribution < 1.29 is 23.9 Å². The summed E-state index contributed by atoms with van der Waals surface area (Å²) in [5, 5.41) is 1.82. The minimum absolute atomic E-state index is 0.0781. The molecule has 0 N–H and O–H groups in total. The van der Waals surface area contributed by atoms with Gasteiger partial charge in [-0.15, -0.1) is 0 Å². The summed E-state index contributed by atoms with van der Waals surface area (Å²) in [5.41, 5.74) is 1.97. The van der Waals surface area contributed by atoms with Gasteiger partial charge in [0.2, 0.25) is 0 Å². The van der Waals surface area contributed by atoms with Gasteiger partial charge in [0.1, 0.15) is 0 Å². The lowest BCUT2D eigenvalue weighted by atomic mass is 10.1. The molecule has 9 heteroatoms. The number of esters is 1. The van der Waals surface area contributed by atoms with Gasteiger partial charge in [-0.05, 0) is 31.5 Å². The van der Waals surface area contributed by atoms with Gasteiger partial charge in [0.05, 0.1) is 22.9 Å². The molecule has 2 heterocycles. The number of hydrogen-bond donors (Lipinski definition) is 0. The molecule has 3 rings (SSSR count). The number of pyridine rings is 1. The Morgan fingerprint density at radius 2 is 1.77 bits per heavy atom. The van der Waals surface area contributed by atoms with Crippen molar-refractivity contribution in [3.8, 4) is 0 Å². The number of nitrogens with zero attached hydrogens (tertiary/aromatic N) is 3. The van der Waals surface area contributed by atoms with E-state index in [0.29, 0.717) is 32.8 Å². The van der Waals surface area contributed by atoms with E-state index in [1.807, 2.05) is 37.3 Å². The van der Waals surface area contributed by atoms with Crippen molar-refractivity contribution in [2.75, 3.05) is 45.1 Å². The van der Waals surface area contributed by atoms with E-state index < -0.39 is 5.97 Å². The van der Waals surface area contributed by atoms with Gasteiger partial charge in [-0.2, -0.15) is 0 Å². The number of benzene rings is 1. The number of aromatic nitrogens is 1. The van der Waals surface area contributed by atoms with Crippen molar-refractivity contribution in [2.24, 2.45) is 0 Å². The highest BCUT2D eigenvalue weighted by Gasteiger charge is 2.25. The zero-order chi connectivity index (χ0) is 21.5. The van der Waals surface area contributed by atoms with Crippen LogP contribution in [-0.2, 0) is 19.1 Å². The quantitative estimate of drug-likeness (QED) is 0.513. The van der Waals surface area contributed by atoms with Crippen LogP contribution in [0.2, 0.25) is 0 Å². The summed E-state index contributed by atoms with van der Waals surface area (Å²) in [7, 11) is 0. The highest BCUT2D eigenvalue weighted by Crippen LogP contribution is 2.23. The van der Waals surface area contributed by atoms with Crippen LogP contribution in [-0.4, -0.2) is 77.9 Å². The highest BCUT2D eigenvalue weighted by atomic mass is 32.2. The Balaban J connectivity index is 1.42. The number of carbonyl (C=O) groups excluding carboxylic acids is 3. The number of thioether (sulfide) groups is 1. The van der Waals surface area contributed by atoms with Crippen LogP contribution in [0.1, 0.15) is 12.5 Å². The largest absolute Gasteiger partial charge is 0.455 e. The molecule has 0 bridgehead atoms. The minimum Gasteiger partial charge on any atom is -0.455 e. The summed E-state index contributed by atoms with van der Waals surface area (Å²) < 4.78 is 10.1. The molecule has 0 saturated carbocycles. The Morgan fingerprint density at radius 3 is 2.50 bits per heavy atom. The Bertz CT molecular complexity index is 928. The predicted molar refractivity (Wildman–Crippen MR) is 113 cm³/mol. The van der Waals surface area contributed by atoms with Crippen molar-refractivity contribution in [3.63, 3.8) is 0 Å². The fraction of sp³-hybridized carbons (Fsp3) is 0.429. The van der Waals surface area contributed by atoms with Crippen molar-refractivity contribution in [3.05, 3.63) is 35.9 Å². The van der Waals surface area contributed by atoms with E-state index in [1.165, 1.54) is 11.8 Å². The van der Waals surface area contributed by atoms with Gasteiger partial charge in [-0.3, -0.25) is 9.59 Å². The summed E-state index contributed by atoms with van der Waals surface area (Å²) in [6, 6.07) is 9.78. The molecule has 0 unspecified atom stereocenters. The number of para-hydroxylation sites is 1. The number of aryl methyl sites for hydroxylation is 1. The summed E-state index contributed by atoms with van der Waals surface area (Å²) in [6.07, 6.45) is -0.370.